The van der Waals surface area contributed by atoms with Gasteiger partial charge in [-0.05, 0) is 13.8 Å². The van der Waals surface area contributed by atoms with E-state index in [1.54, 1.807) is 12.1 Å². The van der Waals surface area contributed by atoms with Crippen molar-refractivity contribution in [2.45, 2.75) is 13.8 Å². The van der Waals surface area contributed by atoms with Crippen LogP contribution in [0, 0.1) is 0 Å². The molecule has 0 aromatic heterocycles. The summed E-state index contributed by atoms with van der Waals surface area (Å²) in [6.07, 6.45) is 1.56. The Bertz CT molecular complexity index is 521. The summed E-state index contributed by atoms with van der Waals surface area (Å²) in [6, 6.07) is 3.60. The van der Waals surface area contributed by atoms with E-state index in [0.29, 0.717) is 43.6 Å². The van der Waals surface area contributed by atoms with Crippen molar-refractivity contribution in [1.82, 2.24) is 0 Å². The minimum absolute atomic E-state index is 0.437. The molecule has 0 amide bonds. The van der Waals surface area contributed by atoms with Gasteiger partial charge in [0.25, 0.3) is 0 Å². The lowest BCUT2D eigenvalue weighted by Crippen LogP contribution is -2.36. The Morgan fingerprint density at radius 3 is 2.48 bits per heavy atom. The van der Waals surface area contributed by atoms with Gasteiger partial charge in [-0.1, -0.05) is 0 Å². The van der Waals surface area contributed by atoms with Crippen molar-refractivity contribution in [3.05, 3.63) is 12.1 Å². The Morgan fingerprint density at radius 1 is 1.19 bits per heavy atom. The average molecular weight is 292 g/mol. The summed E-state index contributed by atoms with van der Waals surface area (Å²) in [5.41, 5.74) is 1.38. The molecule has 1 saturated heterocycles. The molecule has 1 aromatic carbocycles. The molecule has 6 heteroatoms. The van der Waals surface area contributed by atoms with Crippen molar-refractivity contribution >= 4 is 17.5 Å². The van der Waals surface area contributed by atoms with E-state index >= 15 is 0 Å². The van der Waals surface area contributed by atoms with Crippen molar-refractivity contribution in [1.29, 1.82) is 0 Å². The molecule has 0 aliphatic carbocycles. The van der Waals surface area contributed by atoms with Gasteiger partial charge in [0.05, 0.1) is 32.1 Å². The fourth-order valence-corrected chi connectivity index (χ4v) is 2.27. The lowest BCUT2D eigenvalue weighted by molar-refractivity contribution is 0.122. The highest BCUT2D eigenvalue weighted by Crippen LogP contribution is 2.40. The Kier molecular flexibility index (Phi) is 5.60. The van der Waals surface area contributed by atoms with Crippen molar-refractivity contribution in [3.63, 3.8) is 0 Å². The molecule has 21 heavy (non-hydrogen) atoms. The second-order valence-corrected chi connectivity index (χ2v) is 4.46. The number of isocyanates is 1. The summed E-state index contributed by atoms with van der Waals surface area (Å²) < 4.78 is 16.6. The predicted octanol–water partition coefficient (Wildman–Crippen LogP) is 2.29. The van der Waals surface area contributed by atoms with E-state index in [4.69, 9.17) is 14.2 Å². The fraction of sp³-hybridized carbons (Fsp3) is 0.533. The number of morpholine rings is 1. The minimum Gasteiger partial charge on any atom is -0.492 e. The van der Waals surface area contributed by atoms with Crippen LogP contribution in [-0.2, 0) is 9.53 Å². The summed E-state index contributed by atoms with van der Waals surface area (Å²) in [5.74, 6) is 1.25. The molecule has 1 aromatic rings. The van der Waals surface area contributed by atoms with Gasteiger partial charge in [-0.15, -0.1) is 0 Å². The fourth-order valence-electron chi connectivity index (χ4n) is 2.27. The molecule has 0 unspecified atom stereocenters. The Balaban J connectivity index is 2.43. The number of carbonyl (C=O) groups excluding carboxylic acids is 1. The quantitative estimate of drug-likeness (QED) is 0.594. The molecule has 114 valence electrons. The SMILES string of the molecule is CCOc1cc(N2CCOCC2)c(OCC)cc1N=C=O. The van der Waals surface area contributed by atoms with Crippen LogP contribution >= 0.6 is 0 Å². The summed E-state index contributed by atoms with van der Waals surface area (Å²) in [4.78, 5) is 16.5. The molecule has 0 saturated carbocycles. The van der Waals surface area contributed by atoms with E-state index in [1.165, 1.54) is 0 Å². The molecule has 1 heterocycles. The Hall–Kier alpha value is -2.04. The van der Waals surface area contributed by atoms with Crippen LogP contribution < -0.4 is 14.4 Å². The zero-order chi connectivity index (χ0) is 15.1. The first kappa shape index (κ1) is 15.4. The van der Waals surface area contributed by atoms with Gasteiger partial charge in [-0.3, -0.25) is 0 Å². The molecule has 1 aliphatic rings. The predicted molar refractivity (Wildman–Crippen MR) is 79.6 cm³/mol. The molecule has 0 spiro atoms. The van der Waals surface area contributed by atoms with E-state index in [1.807, 2.05) is 19.9 Å². The topological polar surface area (TPSA) is 60.4 Å². The molecular formula is C15H20N2O4. The molecule has 0 radical (unpaired) electrons. The van der Waals surface area contributed by atoms with Crippen LogP contribution in [0.25, 0.3) is 0 Å². The van der Waals surface area contributed by atoms with Gasteiger partial charge in [-0.2, -0.15) is 4.99 Å². The molecular weight excluding hydrogens is 272 g/mol. The zero-order valence-electron chi connectivity index (χ0n) is 12.4. The number of aliphatic imine (C=N–C) groups is 1. The minimum atomic E-state index is 0.437. The normalized spacial score (nSPS) is 14.5. The van der Waals surface area contributed by atoms with E-state index in [0.717, 1.165) is 18.8 Å². The lowest BCUT2D eigenvalue weighted by Gasteiger charge is -2.30. The van der Waals surface area contributed by atoms with Crippen molar-refractivity contribution in [2.75, 3.05) is 44.4 Å². The summed E-state index contributed by atoms with van der Waals surface area (Å²) in [7, 11) is 0. The molecule has 1 aliphatic heterocycles. The van der Waals surface area contributed by atoms with Crippen LogP contribution in [-0.4, -0.2) is 45.6 Å². The van der Waals surface area contributed by atoms with Crippen LogP contribution in [0.3, 0.4) is 0 Å². The van der Waals surface area contributed by atoms with Crippen LogP contribution in [0.5, 0.6) is 11.5 Å². The first-order chi connectivity index (χ1) is 10.3. The number of ether oxygens (including phenoxy) is 3. The molecule has 2 rings (SSSR count). The zero-order valence-corrected chi connectivity index (χ0v) is 12.4. The second kappa shape index (κ2) is 7.67. The monoisotopic (exact) mass is 292 g/mol. The second-order valence-electron chi connectivity index (χ2n) is 4.46. The number of benzene rings is 1. The van der Waals surface area contributed by atoms with Crippen LogP contribution in [0.4, 0.5) is 11.4 Å². The van der Waals surface area contributed by atoms with Gasteiger partial charge >= 0.3 is 0 Å². The van der Waals surface area contributed by atoms with E-state index in [-0.39, 0.29) is 0 Å². The summed E-state index contributed by atoms with van der Waals surface area (Å²) in [6.45, 7) is 7.80. The highest BCUT2D eigenvalue weighted by Gasteiger charge is 2.19. The molecule has 6 nitrogen and oxygen atoms in total. The lowest BCUT2D eigenvalue weighted by atomic mass is 10.2. The number of hydrogen-bond acceptors (Lipinski definition) is 6. The molecule has 0 atom stereocenters. The molecule has 0 bridgehead atoms. The number of nitrogens with zero attached hydrogens (tertiary/aromatic N) is 2. The first-order valence-electron chi connectivity index (χ1n) is 7.14. The third-order valence-corrected chi connectivity index (χ3v) is 3.16. The van der Waals surface area contributed by atoms with Crippen molar-refractivity contribution in [2.24, 2.45) is 4.99 Å². The highest BCUT2D eigenvalue weighted by atomic mass is 16.5. The summed E-state index contributed by atoms with van der Waals surface area (Å²) in [5, 5.41) is 0. The van der Waals surface area contributed by atoms with E-state index in [9.17, 15) is 4.79 Å². The Morgan fingerprint density at radius 2 is 1.86 bits per heavy atom. The van der Waals surface area contributed by atoms with Crippen molar-refractivity contribution < 1.29 is 19.0 Å². The number of rotatable bonds is 6. The summed E-state index contributed by atoms with van der Waals surface area (Å²) >= 11 is 0. The maximum absolute atomic E-state index is 10.6. The van der Waals surface area contributed by atoms with E-state index < -0.39 is 0 Å². The first-order valence-corrected chi connectivity index (χ1v) is 7.14. The Labute approximate surface area is 124 Å². The molecule has 1 fully saturated rings. The van der Waals surface area contributed by atoms with Gasteiger partial charge in [-0.25, -0.2) is 4.79 Å². The van der Waals surface area contributed by atoms with Gasteiger partial charge < -0.3 is 19.1 Å². The maximum Gasteiger partial charge on any atom is 0.240 e. The van der Waals surface area contributed by atoms with Crippen molar-refractivity contribution in [3.8, 4) is 11.5 Å². The number of anilines is 1. The van der Waals surface area contributed by atoms with Crippen LogP contribution in [0.15, 0.2) is 17.1 Å². The number of hydrogen-bond donors (Lipinski definition) is 0. The molecule has 0 N–H and O–H groups in total. The van der Waals surface area contributed by atoms with Crippen LogP contribution in [0.1, 0.15) is 13.8 Å². The van der Waals surface area contributed by atoms with E-state index in [2.05, 4.69) is 9.89 Å². The third kappa shape index (κ3) is 3.74. The standard InChI is InChI=1S/C15H20N2O4/c1-3-20-14-10-13(17-5-7-19-8-6-17)15(21-4-2)9-12(14)16-11-18/h9-10H,3-8H2,1-2H3. The van der Waals surface area contributed by atoms with Gasteiger partial charge in [0.1, 0.15) is 17.2 Å². The third-order valence-electron chi connectivity index (χ3n) is 3.16. The van der Waals surface area contributed by atoms with Crippen LogP contribution in [0.2, 0.25) is 0 Å². The van der Waals surface area contributed by atoms with Gasteiger partial charge in [0.15, 0.2) is 0 Å². The average Bonchev–Trinajstić information content (AvgIpc) is 2.51. The van der Waals surface area contributed by atoms with Gasteiger partial charge in [0.2, 0.25) is 6.08 Å². The highest BCUT2D eigenvalue weighted by molar-refractivity contribution is 5.71. The largest absolute Gasteiger partial charge is 0.492 e. The smallest absolute Gasteiger partial charge is 0.240 e. The maximum atomic E-state index is 10.6. The van der Waals surface area contributed by atoms with Gasteiger partial charge in [0, 0.05) is 25.2 Å².